The highest BCUT2D eigenvalue weighted by molar-refractivity contribution is 5.77. The van der Waals surface area contributed by atoms with Gasteiger partial charge in [0.15, 0.2) is 0 Å². The molecule has 0 bridgehead atoms. The number of benzene rings is 1. The van der Waals surface area contributed by atoms with Gasteiger partial charge in [-0.3, -0.25) is 9.63 Å². The minimum atomic E-state index is 0.0173. The van der Waals surface area contributed by atoms with Gasteiger partial charge in [-0.25, -0.2) is 5.06 Å². The van der Waals surface area contributed by atoms with E-state index < -0.39 is 0 Å². The van der Waals surface area contributed by atoms with Crippen molar-refractivity contribution in [1.29, 1.82) is 0 Å². The third-order valence-corrected chi connectivity index (χ3v) is 2.95. The third-order valence-electron chi connectivity index (χ3n) is 2.95. The van der Waals surface area contributed by atoms with Crippen molar-refractivity contribution in [2.45, 2.75) is 26.2 Å². The van der Waals surface area contributed by atoms with Crippen molar-refractivity contribution >= 4 is 5.91 Å². The molecule has 1 unspecified atom stereocenters. The molecule has 1 atom stereocenters. The molecule has 0 aliphatic rings. The van der Waals surface area contributed by atoms with Crippen molar-refractivity contribution < 1.29 is 9.63 Å². The molecule has 0 aliphatic carbocycles. The lowest BCUT2D eigenvalue weighted by molar-refractivity contribution is -0.173. The van der Waals surface area contributed by atoms with Gasteiger partial charge >= 0.3 is 0 Å². The van der Waals surface area contributed by atoms with E-state index in [1.54, 1.807) is 7.05 Å². The van der Waals surface area contributed by atoms with Crippen LogP contribution in [0.4, 0.5) is 0 Å². The fraction of sp³-hybridized carbons (Fsp3) is 0.500. The topological polar surface area (TPSA) is 29.5 Å². The Labute approximate surface area is 103 Å². The molecule has 17 heavy (non-hydrogen) atoms. The Morgan fingerprint density at radius 3 is 2.59 bits per heavy atom. The van der Waals surface area contributed by atoms with Crippen molar-refractivity contribution in [3.05, 3.63) is 35.9 Å². The third kappa shape index (κ3) is 4.57. The van der Waals surface area contributed by atoms with Crippen molar-refractivity contribution in [1.82, 2.24) is 5.06 Å². The smallest absolute Gasteiger partial charge is 0.248 e. The molecule has 0 N–H and O–H groups in total. The molecular formula is C14H21NO2. The molecule has 0 spiro atoms. The molecule has 1 rings (SSSR count). The van der Waals surface area contributed by atoms with Crippen LogP contribution >= 0.6 is 0 Å². The lowest BCUT2D eigenvalue weighted by Gasteiger charge is -2.18. The molecule has 1 aromatic rings. The maximum atomic E-state index is 11.7. The molecule has 0 aliphatic heterocycles. The van der Waals surface area contributed by atoms with Crippen LogP contribution in [0.1, 0.15) is 25.3 Å². The van der Waals surface area contributed by atoms with E-state index in [0.29, 0.717) is 0 Å². The molecule has 1 amide bonds. The lowest BCUT2D eigenvalue weighted by Crippen LogP contribution is -2.30. The van der Waals surface area contributed by atoms with Gasteiger partial charge in [0.1, 0.15) is 0 Å². The highest BCUT2D eigenvalue weighted by Crippen LogP contribution is 2.12. The summed E-state index contributed by atoms with van der Waals surface area (Å²) in [6.45, 7) is 1.95. The van der Waals surface area contributed by atoms with Crippen LogP contribution in [0.3, 0.4) is 0 Å². The number of nitrogens with zero attached hydrogens (tertiary/aromatic N) is 1. The second-order valence-corrected chi connectivity index (χ2v) is 4.30. The quantitative estimate of drug-likeness (QED) is 0.709. The van der Waals surface area contributed by atoms with Gasteiger partial charge in [-0.15, -0.1) is 0 Å². The highest BCUT2D eigenvalue weighted by Gasteiger charge is 2.16. The number of carbonyl (C=O) groups is 1. The van der Waals surface area contributed by atoms with Crippen LogP contribution in [0.25, 0.3) is 0 Å². The summed E-state index contributed by atoms with van der Waals surface area (Å²) in [7, 11) is 3.16. The first kappa shape index (κ1) is 13.7. The van der Waals surface area contributed by atoms with Crippen LogP contribution in [-0.2, 0) is 16.1 Å². The zero-order valence-corrected chi connectivity index (χ0v) is 10.8. The normalized spacial score (nSPS) is 12.2. The summed E-state index contributed by atoms with van der Waals surface area (Å²) >= 11 is 0. The maximum absolute atomic E-state index is 11.7. The second-order valence-electron chi connectivity index (χ2n) is 4.30. The molecule has 0 radical (unpaired) electrons. The lowest BCUT2D eigenvalue weighted by atomic mass is 10.0. The van der Waals surface area contributed by atoms with Crippen molar-refractivity contribution in [3.63, 3.8) is 0 Å². The molecule has 0 saturated carbocycles. The van der Waals surface area contributed by atoms with Gasteiger partial charge in [0.25, 0.3) is 0 Å². The van der Waals surface area contributed by atoms with Crippen molar-refractivity contribution in [2.24, 2.45) is 5.92 Å². The Bertz CT molecular complexity index is 337. The average Bonchev–Trinajstić information content (AvgIpc) is 2.38. The van der Waals surface area contributed by atoms with E-state index in [4.69, 9.17) is 4.84 Å². The summed E-state index contributed by atoms with van der Waals surface area (Å²) in [5.41, 5.74) is 1.33. The van der Waals surface area contributed by atoms with Crippen molar-refractivity contribution in [3.8, 4) is 0 Å². The fourth-order valence-electron chi connectivity index (χ4n) is 1.78. The van der Waals surface area contributed by atoms with E-state index in [-0.39, 0.29) is 11.8 Å². The van der Waals surface area contributed by atoms with Gasteiger partial charge in [0.2, 0.25) is 5.91 Å². The SMILES string of the molecule is CON(C)C(=O)C(C)CCCc1ccccc1. The summed E-state index contributed by atoms with van der Waals surface area (Å²) in [6, 6.07) is 10.3. The van der Waals surface area contributed by atoms with Gasteiger partial charge in [-0.2, -0.15) is 0 Å². The van der Waals surface area contributed by atoms with Crippen LogP contribution in [0.15, 0.2) is 30.3 Å². The molecule has 0 saturated heterocycles. The number of hydrogen-bond donors (Lipinski definition) is 0. The van der Waals surface area contributed by atoms with Crippen LogP contribution in [0.5, 0.6) is 0 Å². The second kappa shape index (κ2) is 7.07. The average molecular weight is 235 g/mol. The molecule has 0 fully saturated rings. The van der Waals surface area contributed by atoms with E-state index in [1.807, 2.05) is 25.1 Å². The number of hydrogen-bond acceptors (Lipinski definition) is 2. The summed E-state index contributed by atoms with van der Waals surface area (Å²) in [4.78, 5) is 16.6. The number of aryl methyl sites for hydroxylation is 1. The number of rotatable bonds is 6. The summed E-state index contributed by atoms with van der Waals surface area (Å²) in [5, 5.41) is 1.30. The monoisotopic (exact) mass is 235 g/mol. The highest BCUT2D eigenvalue weighted by atomic mass is 16.7. The first-order chi connectivity index (χ1) is 8.15. The van der Waals surface area contributed by atoms with Crippen LogP contribution in [0.2, 0.25) is 0 Å². The summed E-state index contributed by atoms with van der Waals surface area (Å²) < 4.78 is 0. The van der Waals surface area contributed by atoms with Gasteiger partial charge in [0, 0.05) is 13.0 Å². The summed E-state index contributed by atoms with van der Waals surface area (Å²) in [5.74, 6) is 0.0595. The van der Waals surface area contributed by atoms with Gasteiger partial charge < -0.3 is 0 Å². The van der Waals surface area contributed by atoms with Gasteiger partial charge in [-0.05, 0) is 24.8 Å². The van der Waals surface area contributed by atoms with E-state index in [1.165, 1.54) is 17.7 Å². The Hall–Kier alpha value is -1.35. The number of hydroxylamine groups is 2. The number of carbonyl (C=O) groups excluding carboxylic acids is 1. The largest absolute Gasteiger partial charge is 0.275 e. The minimum absolute atomic E-state index is 0.0173. The van der Waals surface area contributed by atoms with Gasteiger partial charge in [0.05, 0.1) is 7.11 Å². The predicted molar refractivity (Wildman–Crippen MR) is 68.3 cm³/mol. The Balaban J connectivity index is 2.29. The van der Waals surface area contributed by atoms with Crippen molar-refractivity contribution in [2.75, 3.05) is 14.2 Å². The Morgan fingerprint density at radius 1 is 1.35 bits per heavy atom. The standard InChI is InChI=1S/C14H21NO2/c1-12(14(16)15(2)17-3)8-7-11-13-9-5-4-6-10-13/h4-6,9-10,12H,7-8,11H2,1-3H3. The molecule has 0 aromatic heterocycles. The zero-order chi connectivity index (χ0) is 12.7. The molecule has 3 heteroatoms. The van der Waals surface area contributed by atoms with Crippen LogP contribution in [-0.4, -0.2) is 25.1 Å². The first-order valence-corrected chi connectivity index (χ1v) is 6.00. The maximum Gasteiger partial charge on any atom is 0.248 e. The first-order valence-electron chi connectivity index (χ1n) is 6.00. The molecule has 94 valence electrons. The molecular weight excluding hydrogens is 214 g/mol. The fourth-order valence-corrected chi connectivity index (χ4v) is 1.78. The summed E-state index contributed by atoms with van der Waals surface area (Å²) in [6.07, 6.45) is 2.94. The zero-order valence-electron chi connectivity index (χ0n) is 10.8. The minimum Gasteiger partial charge on any atom is -0.275 e. The van der Waals surface area contributed by atoms with E-state index >= 15 is 0 Å². The number of amides is 1. The predicted octanol–water partition coefficient (Wildman–Crippen LogP) is 2.67. The van der Waals surface area contributed by atoms with E-state index in [9.17, 15) is 4.79 Å². The Kier molecular flexibility index (Phi) is 5.70. The van der Waals surface area contributed by atoms with Crippen LogP contribution in [0, 0.1) is 5.92 Å². The van der Waals surface area contributed by atoms with E-state index in [0.717, 1.165) is 19.3 Å². The molecule has 1 aromatic carbocycles. The Morgan fingerprint density at radius 2 is 2.00 bits per heavy atom. The van der Waals surface area contributed by atoms with Crippen LogP contribution < -0.4 is 0 Å². The molecule has 3 nitrogen and oxygen atoms in total. The molecule has 0 heterocycles. The van der Waals surface area contributed by atoms with Gasteiger partial charge in [-0.1, -0.05) is 37.3 Å². The van der Waals surface area contributed by atoms with E-state index in [2.05, 4.69) is 12.1 Å².